The third-order valence-electron chi connectivity index (χ3n) is 4.60. The van der Waals surface area contributed by atoms with Crippen LogP contribution in [0, 0.1) is 80.9 Å². The second kappa shape index (κ2) is 8.57. The van der Waals surface area contributed by atoms with Gasteiger partial charge in [-0.05, 0) is 0 Å². The molecule has 1 rings (SSSR count). The van der Waals surface area contributed by atoms with Gasteiger partial charge in [-0.3, -0.25) is 80.9 Å². The molecule has 0 spiro atoms. The topological polar surface area (TPSA) is 402 Å². The first-order valence-corrected chi connectivity index (χ1v) is 8.40. The Balaban J connectivity index is 0.0000116. The van der Waals surface area contributed by atoms with Crippen LogP contribution >= 0.6 is 0 Å². The molecule has 0 aliphatic heterocycles. The molecule has 0 aromatic rings. The van der Waals surface area contributed by atoms with Crippen LogP contribution in [0.15, 0.2) is 11.8 Å². The quantitative estimate of drug-likeness (QED) is 0.0855. The molecule has 29 heteroatoms. The fourth-order valence-electron chi connectivity index (χ4n) is 3.42. The minimum atomic E-state index is -7.66. The zero-order valence-electron chi connectivity index (χ0n) is 15.8. The standard InChI is InChI=1S/C6H2N8O19S.Na/c15-7(16)2-1-3(8(17)18,34(31,32)33)5(11(23)24,12(25)26)6(13(27)28,14(29)30)4(2,9(19)20)10(21)22;/h1H,(H,31,32,33);/q;+1/p-1. The number of hydrogen-bond acceptors (Lipinski definition) is 19. The van der Waals surface area contributed by atoms with Crippen LogP contribution in [0.25, 0.3) is 0 Å². The van der Waals surface area contributed by atoms with Crippen LogP contribution in [0.5, 0.6) is 0 Å². The molecule has 0 bridgehead atoms. The van der Waals surface area contributed by atoms with Crippen LogP contribution < -0.4 is 29.6 Å². The van der Waals surface area contributed by atoms with Gasteiger partial charge in [-0.2, -0.15) is 0 Å². The Morgan fingerprint density at radius 2 is 0.886 bits per heavy atom. The summed E-state index contributed by atoms with van der Waals surface area (Å²) in [6.07, 6.45) is -1.74. The van der Waals surface area contributed by atoms with Crippen molar-refractivity contribution in [3.05, 3.63) is 92.7 Å². The zero-order chi connectivity index (χ0) is 27.4. The second-order valence-corrected chi connectivity index (χ2v) is 7.28. The first-order valence-electron chi connectivity index (χ1n) is 6.99. The van der Waals surface area contributed by atoms with E-state index in [-0.39, 0.29) is 29.6 Å². The van der Waals surface area contributed by atoms with Crippen LogP contribution in [0.2, 0.25) is 0 Å². The summed E-state index contributed by atoms with van der Waals surface area (Å²) in [7, 11) is -7.66. The number of hydrogen-bond donors (Lipinski definition) is 0. The van der Waals surface area contributed by atoms with Crippen LogP contribution in [0.1, 0.15) is 0 Å². The van der Waals surface area contributed by atoms with Gasteiger partial charge in [0.05, 0.1) is 9.85 Å². The predicted molar refractivity (Wildman–Crippen MR) is 84.7 cm³/mol. The largest absolute Gasteiger partial charge is 1.00 e. The van der Waals surface area contributed by atoms with Gasteiger partial charge >= 0.3 is 57.1 Å². The Kier molecular flexibility index (Phi) is 7.55. The average Bonchev–Trinajstić information content (AvgIpc) is 2.62. The summed E-state index contributed by atoms with van der Waals surface area (Å²) in [5.74, 6) is 0. The number of rotatable bonds is 9. The van der Waals surface area contributed by atoms with Gasteiger partial charge in [-0.1, -0.05) is 0 Å². The molecule has 0 heterocycles. The van der Waals surface area contributed by atoms with Crippen molar-refractivity contribution < 1.29 is 81.9 Å². The Morgan fingerprint density at radius 1 is 0.571 bits per heavy atom. The van der Waals surface area contributed by atoms with Crippen molar-refractivity contribution in [2.24, 2.45) is 0 Å². The molecule has 0 saturated carbocycles. The summed E-state index contributed by atoms with van der Waals surface area (Å²) in [4.78, 5) is 62.5. The molecule has 186 valence electrons. The van der Waals surface area contributed by atoms with E-state index in [1.807, 2.05) is 0 Å². The van der Waals surface area contributed by atoms with Crippen molar-refractivity contribution in [1.29, 1.82) is 0 Å². The molecule has 0 amide bonds. The van der Waals surface area contributed by atoms with E-state index in [2.05, 4.69) is 0 Å². The van der Waals surface area contributed by atoms with E-state index < -0.39 is 83.1 Å². The monoisotopic (exact) mass is 544 g/mol. The van der Waals surface area contributed by atoms with Crippen LogP contribution in [-0.2, 0) is 10.1 Å². The third-order valence-corrected chi connectivity index (χ3v) is 5.91. The van der Waals surface area contributed by atoms with Gasteiger partial charge in [0.15, 0.2) is 10.1 Å². The van der Waals surface area contributed by atoms with E-state index in [0.29, 0.717) is 0 Å². The summed E-state index contributed by atoms with van der Waals surface area (Å²) >= 11 is 0. The maximum absolute atomic E-state index is 11.8. The second-order valence-electron chi connectivity index (χ2n) is 5.75. The van der Waals surface area contributed by atoms with Crippen LogP contribution in [-0.4, -0.2) is 74.2 Å². The van der Waals surface area contributed by atoms with Gasteiger partial charge in [0, 0.05) is 0 Å². The molecular formula is C6HN8NaO19S. The molecule has 0 N–H and O–H groups in total. The molecule has 1 aliphatic rings. The molecule has 1 atom stereocenters. The number of nitrogens with zero attached hydrogens (tertiary/aromatic N) is 8. The predicted octanol–water partition coefficient (Wildman–Crippen LogP) is -6.57. The normalized spacial score (nSPS) is 21.8. The molecular weight excluding hydrogens is 543 g/mol. The molecule has 1 unspecified atom stereocenters. The summed E-state index contributed by atoms with van der Waals surface area (Å²) in [6, 6.07) is 0. The van der Waals surface area contributed by atoms with Crippen molar-refractivity contribution in [1.82, 2.24) is 0 Å². The fraction of sp³-hybridized carbons (Fsp3) is 0.667. The SMILES string of the molecule is O=[N+]([O-])C1=CC([N+](=O)[O-])(S(=O)(=O)[O-])C([N+](=O)[O-])([N+](=O)[O-])C([N+](=O)[O-])([N+](=O)[O-])C1([N+](=O)[O-])[N+](=O)[O-].[Na+]. The molecule has 27 nitrogen and oxygen atoms in total. The Morgan fingerprint density at radius 3 is 1.06 bits per heavy atom. The Bertz CT molecular complexity index is 1200. The van der Waals surface area contributed by atoms with Crippen molar-refractivity contribution >= 4 is 10.1 Å². The van der Waals surface area contributed by atoms with E-state index in [0.717, 1.165) is 0 Å². The molecule has 0 aromatic carbocycles. The van der Waals surface area contributed by atoms with Gasteiger partial charge in [0.2, 0.25) is 0 Å². The molecule has 0 aromatic heterocycles. The van der Waals surface area contributed by atoms with Crippen LogP contribution in [0.3, 0.4) is 0 Å². The molecule has 1 aliphatic carbocycles. The first kappa shape index (κ1) is 30.8. The van der Waals surface area contributed by atoms with Gasteiger partial charge in [-0.15, -0.1) is 0 Å². The maximum atomic E-state index is 11.8. The Hall–Kier alpha value is -4.15. The summed E-state index contributed by atoms with van der Waals surface area (Å²) in [5.41, 5.74) is -22.8. The zero-order valence-corrected chi connectivity index (χ0v) is 18.6. The maximum Gasteiger partial charge on any atom is 1.00 e. The molecule has 0 radical (unpaired) electrons. The van der Waals surface area contributed by atoms with Gasteiger partial charge in [-0.25, -0.2) is 8.42 Å². The minimum Gasteiger partial charge on any atom is -0.742 e. The molecule has 0 saturated heterocycles. The van der Waals surface area contributed by atoms with E-state index in [1.54, 1.807) is 0 Å². The van der Waals surface area contributed by atoms with E-state index in [9.17, 15) is 93.9 Å². The minimum absolute atomic E-state index is 0. The van der Waals surface area contributed by atoms with Crippen molar-refractivity contribution in [3.63, 3.8) is 0 Å². The van der Waals surface area contributed by atoms with Crippen molar-refractivity contribution in [3.8, 4) is 0 Å². The molecule has 35 heavy (non-hydrogen) atoms. The van der Waals surface area contributed by atoms with Crippen LogP contribution in [0.4, 0.5) is 0 Å². The average molecular weight is 544 g/mol. The van der Waals surface area contributed by atoms with E-state index >= 15 is 0 Å². The number of nitro groups is 8. The van der Waals surface area contributed by atoms with Crippen molar-refractivity contribution in [2.45, 2.75) is 21.9 Å². The molecule has 0 fully saturated rings. The Labute approximate surface area is 206 Å². The van der Waals surface area contributed by atoms with E-state index in [4.69, 9.17) is 0 Å². The fourth-order valence-corrected chi connectivity index (χ4v) is 4.50. The van der Waals surface area contributed by atoms with Gasteiger partial charge < -0.3 is 4.55 Å². The third kappa shape index (κ3) is 2.93. The summed E-state index contributed by atoms with van der Waals surface area (Å²) in [5, 5.41) is 93.0. The van der Waals surface area contributed by atoms with Gasteiger partial charge in [0.1, 0.15) is 35.6 Å². The van der Waals surface area contributed by atoms with E-state index in [1.165, 1.54) is 0 Å². The smallest absolute Gasteiger partial charge is 0.742 e. The van der Waals surface area contributed by atoms with Crippen molar-refractivity contribution in [2.75, 3.05) is 0 Å². The summed E-state index contributed by atoms with van der Waals surface area (Å²) in [6.45, 7) is 0. The summed E-state index contributed by atoms with van der Waals surface area (Å²) < 4.78 is 35.3. The first-order chi connectivity index (χ1) is 15.1. The van der Waals surface area contributed by atoms with Gasteiger partial charge in [0.25, 0.3) is 0 Å².